The first-order chi connectivity index (χ1) is 18.3. The van der Waals surface area contributed by atoms with Crippen LogP contribution in [-0.4, -0.2) is 34.0 Å². The molecule has 0 radical (unpaired) electrons. The summed E-state index contributed by atoms with van der Waals surface area (Å²) in [5, 5.41) is 7.10. The maximum atomic E-state index is 12.6. The predicted octanol–water partition coefficient (Wildman–Crippen LogP) is 6.16. The highest BCUT2D eigenvalue weighted by Gasteiger charge is 2.28. The minimum absolute atomic E-state index is 0.0784. The molecular weight excluding hydrogens is 525 g/mol. The second-order valence-electron chi connectivity index (χ2n) is 8.83. The summed E-state index contributed by atoms with van der Waals surface area (Å²) in [7, 11) is 0. The van der Waals surface area contributed by atoms with Gasteiger partial charge in [-0.2, -0.15) is 15.0 Å². The number of ether oxygens (including phenoxy) is 2. The summed E-state index contributed by atoms with van der Waals surface area (Å²) >= 11 is 11.9. The van der Waals surface area contributed by atoms with Gasteiger partial charge in [-0.1, -0.05) is 53.5 Å². The lowest BCUT2D eigenvalue weighted by molar-refractivity contribution is -0.118. The minimum Gasteiger partial charge on any atom is -0.484 e. The summed E-state index contributed by atoms with van der Waals surface area (Å²) in [5.41, 5.74) is 0.222. The Balaban J connectivity index is 1.50. The third kappa shape index (κ3) is 8.06. The number of nitrogens with one attached hydrogen (secondary N) is 2. The average Bonchev–Trinajstić information content (AvgIpc) is 2.90. The third-order valence-corrected chi connectivity index (χ3v) is 5.84. The molecule has 10 heteroatoms. The molecule has 0 saturated heterocycles. The molecule has 0 fully saturated rings. The largest absolute Gasteiger partial charge is 0.484 e. The molecule has 2 N–H and O–H groups in total. The maximum absolute atomic E-state index is 12.6. The fraction of sp³-hybridized carbons (Fsp3) is 0.214. The standard InChI is InChI=1S/C28H27Cl2N5O3/c1-28(2,38-23-14-10-21(30)11-15-23)25-33-26(31-17-16-19-6-4-3-5-7-19)35-27(34-25)32-24(36)18-37-22-12-8-20(29)9-13-22/h3-15H,16-18H2,1-2H3,(H2,31,32,33,34,35,36). The molecule has 3 aromatic carbocycles. The minimum atomic E-state index is -0.952. The van der Waals surface area contributed by atoms with E-state index in [1.165, 1.54) is 5.56 Å². The highest BCUT2D eigenvalue weighted by molar-refractivity contribution is 6.30. The van der Waals surface area contributed by atoms with E-state index in [4.69, 9.17) is 32.7 Å². The number of aromatic nitrogens is 3. The van der Waals surface area contributed by atoms with Gasteiger partial charge in [-0.25, -0.2) is 0 Å². The van der Waals surface area contributed by atoms with Crippen LogP contribution in [0.15, 0.2) is 78.9 Å². The Hall–Kier alpha value is -3.88. The van der Waals surface area contributed by atoms with Crippen LogP contribution in [-0.2, 0) is 16.8 Å². The Labute approximate surface area is 231 Å². The van der Waals surface area contributed by atoms with Crippen molar-refractivity contribution in [1.29, 1.82) is 0 Å². The Kier molecular flexibility index (Phi) is 8.99. The molecule has 0 unspecified atom stereocenters. The Morgan fingerprint density at radius 3 is 2.08 bits per heavy atom. The zero-order valence-corrected chi connectivity index (χ0v) is 22.5. The van der Waals surface area contributed by atoms with E-state index in [1.807, 2.05) is 32.0 Å². The SMILES string of the molecule is CC(C)(Oc1ccc(Cl)cc1)c1nc(NCCc2ccccc2)nc(NC(=O)COc2ccc(Cl)cc2)n1. The molecule has 1 amide bonds. The number of hydrogen-bond donors (Lipinski definition) is 2. The van der Waals surface area contributed by atoms with E-state index < -0.39 is 11.5 Å². The van der Waals surface area contributed by atoms with E-state index in [0.29, 0.717) is 39.9 Å². The van der Waals surface area contributed by atoms with Crippen molar-refractivity contribution < 1.29 is 14.3 Å². The van der Waals surface area contributed by atoms with Crippen LogP contribution in [0.4, 0.5) is 11.9 Å². The van der Waals surface area contributed by atoms with Crippen LogP contribution in [0.5, 0.6) is 11.5 Å². The summed E-state index contributed by atoms with van der Waals surface area (Å²) in [6.07, 6.45) is 0.767. The van der Waals surface area contributed by atoms with Gasteiger partial charge >= 0.3 is 0 Å². The number of hydrogen-bond acceptors (Lipinski definition) is 7. The lowest BCUT2D eigenvalue weighted by Gasteiger charge is -2.25. The summed E-state index contributed by atoms with van der Waals surface area (Å²) in [6, 6.07) is 23.8. The molecule has 4 rings (SSSR count). The number of halogens is 2. The predicted molar refractivity (Wildman–Crippen MR) is 149 cm³/mol. The van der Waals surface area contributed by atoms with Crippen LogP contribution < -0.4 is 20.1 Å². The Bertz CT molecular complexity index is 1350. The Morgan fingerprint density at radius 1 is 0.816 bits per heavy atom. The van der Waals surface area contributed by atoms with Gasteiger partial charge in [0.1, 0.15) is 11.5 Å². The molecule has 4 aromatic rings. The first-order valence-electron chi connectivity index (χ1n) is 11.9. The van der Waals surface area contributed by atoms with Crippen LogP contribution in [0.3, 0.4) is 0 Å². The van der Waals surface area contributed by atoms with Crippen LogP contribution in [0.1, 0.15) is 25.2 Å². The number of carbonyl (C=O) groups excluding carboxylic acids is 1. The van der Waals surface area contributed by atoms with E-state index in [2.05, 4.69) is 37.7 Å². The normalized spacial score (nSPS) is 11.1. The van der Waals surface area contributed by atoms with Gasteiger partial charge in [-0.05, 0) is 74.4 Å². The highest BCUT2D eigenvalue weighted by atomic mass is 35.5. The number of nitrogens with zero attached hydrogens (tertiary/aromatic N) is 3. The van der Waals surface area contributed by atoms with Crippen LogP contribution in [0.2, 0.25) is 10.0 Å². The van der Waals surface area contributed by atoms with Crippen LogP contribution >= 0.6 is 23.2 Å². The molecule has 1 heterocycles. The molecule has 0 saturated carbocycles. The molecule has 0 bridgehead atoms. The quantitative estimate of drug-likeness (QED) is 0.230. The number of anilines is 2. The fourth-order valence-electron chi connectivity index (χ4n) is 3.43. The van der Waals surface area contributed by atoms with E-state index in [9.17, 15) is 4.79 Å². The van der Waals surface area contributed by atoms with Crippen molar-refractivity contribution in [3.8, 4) is 11.5 Å². The number of amides is 1. The number of benzene rings is 3. The fourth-order valence-corrected chi connectivity index (χ4v) is 3.68. The van der Waals surface area contributed by atoms with E-state index >= 15 is 0 Å². The zero-order chi connectivity index (χ0) is 27.0. The summed E-state index contributed by atoms with van der Waals surface area (Å²) in [4.78, 5) is 26.1. The van der Waals surface area contributed by atoms with Gasteiger partial charge in [0.25, 0.3) is 5.91 Å². The molecule has 0 aliphatic carbocycles. The monoisotopic (exact) mass is 551 g/mol. The maximum Gasteiger partial charge on any atom is 0.264 e. The molecule has 0 aliphatic heterocycles. The first-order valence-corrected chi connectivity index (χ1v) is 12.7. The van der Waals surface area contributed by atoms with Crippen molar-refractivity contribution in [3.05, 3.63) is 100 Å². The van der Waals surface area contributed by atoms with Crippen molar-refractivity contribution in [3.63, 3.8) is 0 Å². The van der Waals surface area contributed by atoms with Gasteiger partial charge in [0.2, 0.25) is 11.9 Å². The van der Waals surface area contributed by atoms with Gasteiger partial charge in [-0.15, -0.1) is 0 Å². The van der Waals surface area contributed by atoms with Gasteiger partial charge < -0.3 is 14.8 Å². The molecule has 0 aliphatic rings. The lowest BCUT2D eigenvalue weighted by Crippen LogP contribution is -2.30. The molecule has 1 aromatic heterocycles. The highest BCUT2D eigenvalue weighted by Crippen LogP contribution is 2.27. The molecule has 38 heavy (non-hydrogen) atoms. The van der Waals surface area contributed by atoms with E-state index in [0.717, 1.165) is 6.42 Å². The van der Waals surface area contributed by atoms with Gasteiger partial charge in [-0.3, -0.25) is 10.1 Å². The Morgan fingerprint density at radius 2 is 1.42 bits per heavy atom. The number of rotatable bonds is 11. The van der Waals surface area contributed by atoms with Gasteiger partial charge in [0.15, 0.2) is 18.0 Å². The van der Waals surface area contributed by atoms with Crippen molar-refractivity contribution in [2.24, 2.45) is 0 Å². The summed E-state index contributed by atoms with van der Waals surface area (Å²) in [5.74, 6) is 1.41. The van der Waals surface area contributed by atoms with Crippen molar-refractivity contribution >= 4 is 41.0 Å². The van der Waals surface area contributed by atoms with E-state index in [1.54, 1.807) is 48.5 Å². The first kappa shape index (κ1) is 27.2. The van der Waals surface area contributed by atoms with Gasteiger partial charge in [0, 0.05) is 16.6 Å². The van der Waals surface area contributed by atoms with Crippen molar-refractivity contribution in [2.45, 2.75) is 25.9 Å². The zero-order valence-electron chi connectivity index (χ0n) is 20.9. The molecule has 0 spiro atoms. The summed E-state index contributed by atoms with van der Waals surface area (Å²) < 4.78 is 11.7. The topological polar surface area (TPSA) is 98.3 Å². The number of carbonyl (C=O) groups is 1. The molecule has 0 atom stereocenters. The molecule has 196 valence electrons. The molecule has 8 nitrogen and oxygen atoms in total. The summed E-state index contributed by atoms with van der Waals surface area (Å²) in [6.45, 7) is 4.02. The smallest absolute Gasteiger partial charge is 0.264 e. The van der Waals surface area contributed by atoms with Gasteiger partial charge in [0.05, 0.1) is 0 Å². The second-order valence-corrected chi connectivity index (χ2v) is 9.70. The van der Waals surface area contributed by atoms with Crippen molar-refractivity contribution in [1.82, 2.24) is 15.0 Å². The lowest BCUT2D eigenvalue weighted by atomic mass is 10.1. The third-order valence-electron chi connectivity index (χ3n) is 5.33. The van der Waals surface area contributed by atoms with Crippen molar-refractivity contribution in [2.75, 3.05) is 23.8 Å². The molecular formula is C28H27Cl2N5O3. The average molecular weight is 552 g/mol. The second kappa shape index (κ2) is 12.6. The van der Waals surface area contributed by atoms with Crippen LogP contribution in [0.25, 0.3) is 0 Å². The van der Waals surface area contributed by atoms with Crippen LogP contribution in [0, 0.1) is 0 Å². The van der Waals surface area contributed by atoms with E-state index in [-0.39, 0.29) is 12.6 Å².